The van der Waals surface area contributed by atoms with E-state index in [1.807, 2.05) is 48.5 Å². The summed E-state index contributed by atoms with van der Waals surface area (Å²) >= 11 is 1.71. The minimum Gasteiger partial charge on any atom is -0.455 e. The Labute approximate surface area is 362 Å². The second kappa shape index (κ2) is 14.0. The molecule has 0 aliphatic rings. The zero-order valence-corrected chi connectivity index (χ0v) is 32.3. The molecule has 3 heterocycles. The van der Waals surface area contributed by atoms with Crippen LogP contribution < -0.4 is 0 Å². The largest absolute Gasteiger partial charge is 0.455 e. The van der Waals surface area contributed by atoms with Gasteiger partial charge in [0.1, 0.15) is 11.2 Å². The van der Waals surface area contributed by atoms with Gasteiger partial charge in [-0.1, -0.05) is 170 Å². The fraction of sp³-hybridized carbons (Fsp3) is 0. The molecule has 12 rings (SSSR count). The lowest BCUT2D eigenvalue weighted by atomic mass is 9.97. The number of thiophene rings is 1. The van der Waals surface area contributed by atoms with Gasteiger partial charge in [0.15, 0.2) is 17.5 Å². The summed E-state index contributed by atoms with van der Waals surface area (Å²) in [6, 6.07) is 44.3. The Morgan fingerprint density at radius 1 is 0.400 bits per heavy atom. The van der Waals surface area contributed by atoms with Crippen LogP contribution in [0, 0.1) is 0 Å². The van der Waals surface area contributed by atoms with Gasteiger partial charge < -0.3 is 4.42 Å². The third kappa shape index (κ3) is 5.78. The summed E-state index contributed by atoms with van der Waals surface area (Å²) in [6.45, 7) is 0. The molecule has 0 bridgehead atoms. The van der Waals surface area contributed by atoms with Crippen molar-refractivity contribution in [3.63, 3.8) is 0 Å². The van der Waals surface area contributed by atoms with Gasteiger partial charge in [0.05, 0.1) is 12.3 Å². The van der Waals surface area contributed by atoms with Crippen molar-refractivity contribution < 1.29 is 16.8 Å². The van der Waals surface area contributed by atoms with Gasteiger partial charge in [-0.25, -0.2) is 15.0 Å². The number of fused-ring (bicyclic) bond motifs is 8. The molecule has 280 valence electrons. The molecule has 4 nitrogen and oxygen atoms in total. The highest BCUT2D eigenvalue weighted by atomic mass is 32.1. The molecule has 60 heavy (non-hydrogen) atoms. The van der Waals surface area contributed by atoms with Gasteiger partial charge >= 0.3 is 0 Å². The van der Waals surface area contributed by atoms with E-state index in [9.17, 15) is 1.37 Å². The first kappa shape index (κ1) is 26.3. The Bertz CT molecular complexity index is 4120. The van der Waals surface area contributed by atoms with Gasteiger partial charge in [0.25, 0.3) is 0 Å². The van der Waals surface area contributed by atoms with Gasteiger partial charge in [-0.05, 0) is 69.1 Å². The zero-order valence-electron chi connectivity index (χ0n) is 40.5. The molecule has 0 N–H and O–H groups in total. The Balaban J connectivity index is 1.03. The van der Waals surface area contributed by atoms with Crippen LogP contribution in [0.15, 0.2) is 204 Å². The maximum Gasteiger partial charge on any atom is 0.164 e. The average molecular weight is 793 g/mol. The summed E-state index contributed by atoms with van der Waals surface area (Å²) in [7, 11) is 0. The lowest BCUT2D eigenvalue weighted by Gasteiger charge is -2.11. The van der Waals surface area contributed by atoms with Crippen molar-refractivity contribution in [2.45, 2.75) is 0 Å². The number of benzene rings is 9. The fourth-order valence-electron chi connectivity index (χ4n) is 8.02. The number of aromatic nitrogens is 3. The summed E-state index contributed by atoms with van der Waals surface area (Å²) < 4.78 is 87.3. The number of hydrogen-bond donors (Lipinski definition) is 0. The maximum atomic E-state index is 9.18. The van der Waals surface area contributed by atoms with E-state index < -0.39 is 42.3 Å². The monoisotopic (exact) mass is 792 g/mol. The second-order valence-electron chi connectivity index (χ2n) is 14.4. The van der Waals surface area contributed by atoms with Gasteiger partial charge in [0, 0.05) is 53.0 Å². The SMILES string of the molecule is [2H]c1c([2H])c(-c2ccc(-c3nc(-c4cccc(-c5ccccc5)c4)nc(-c4ccc5c(c4)sc4cccc(-c6ccccc6)c45)n3)cc2)c2c(oc3c4c([2H])c([2H])c([2H])c([2H])c4c([2H])c([2H])c32)c1[2H]. The van der Waals surface area contributed by atoms with Gasteiger partial charge in [-0.2, -0.15) is 0 Å². The van der Waals surface area contributed by atoms with Crippen molar-refractivity contribution in [3.8, 4) is 67.5 Å². The maximum absolute atomic E-state index is 9.18. The molecule has 12 aromatic rings. The molecule has 0 atom stereocenters. The Hall–Kier alpha value is -7.73. The van der Waals surface area contributed by atoms with E-state index in [1.54, 1.807) is 35.6 Å². The van der Waals surface area contributed by atoms with Crippen LogP contribution in [-0.2, 0) is 0 Å². The predicted octanol–water partition coefficient (Wildman–Crippen LogP) is 15.3. The number of hydrogen-bond acceptors (Lipinski definition) is 5. The lowest BCUT2D eigenvalue weighted by Crippen LogP contribution is -2.00. The van der Waals surface area contributed by atoms with Crippen molar-refractivity contribution in [1.29, 1.82) is 0 Å². The molecule has 0 saturated heterocycles. The molecule has 0 aliphatic carbocycles. The van der Waals surface area contributed by atoms with Crippen molar-refractivity contribution >= 4 is 64.2 Å². The summed E-state index contributed by atoms with van der Waals surface area (Å²) in [6.07, 6.45) is 0. The zero-order chi connectivity index (χ0) is 47.4. The van der Waals surface area contributed by atoms with Crippen LogP contribution in [0.25, 0.3) is 120 Å². The standard InChI is InChI=1S/C55H33N3OS/c1-3-12-34(13-4-1)39-17-9-18-40(32-39)54-56-53(57-55(58-54)41-29-30-45-49(33-41)60-48-23-11-21-43(51(45)48)35-14-5-2-6-15-35)38-26-24-37(25-27-38)42-20-10-22-47-50(42)46-31-28-36-16-7-8-19-44(36)52(46)59-47/h1-33H/i7D,8D,10D,16D,19D,20D,22D,28D,31D. The topological polar surface area (TPSA) is 51.8 Å². The first-order valence-corrected chi connectivity index (χ1v) is 20.2. The van der Waals surface area contributed by atoms with E-state index in [4.69, 9.17) is 30.3 Å². The van der Waals surface area contributed by atoms with E-state index in [-0.39, 0.29) is 50.4 Å². The molecule has 0 spiro atoms. The molecule has 0 amide bonds. The molecule has 0 unspecified atom stereocenters. The minimum absolute atomic E-state index is 0.0185. The van der Waals surface area contributed by atoms with Gasteiger partial charge in [-0.3, -0.25) is 0 Å². The third-order valence-corrected chi connectivity index (χ3v) is 12.0. The van der Waals surface area contributed by atoms with Crippen molar-refractivity contribution in [2.75, 3.05) is 0 Å². The van der Waals surface area contributed by atoms with Crippen LogP contribution in [0.5, 0.6) is 0 Å². The first-order valence-electron chi connectivity index (χ1n) is 23.9. The molecular formula is C55H33N3OS. The summed E-state index contributed by atoms with van der Waals surface area (Å²) in [5.41, 5.74) is 6.95. The molecule has 0 saturated carbocycles. The van der Waals surface area contributed by atoms with E-state index in [0.29, 0.717) is 28.6 Å². The van der Waals surface area contributed by atoms with Gasteiger partial charge in [0.2, 0.25) is 0 Å². The number of furan rings is 1. The summed E-state index contributed by atoms with van der Waals surface area (Å²) in [5.74, 6) is 1.31. The quantitative estimate of drug-likeness (QED) is 0.168. The Kier molecular flexibility index (Phi) is 6.13. The fourth-order valence-corrected chi connectivity index (χ4v) is 9.20. The number of rotatable bonds is 6. The highest BCUT2D eigenvalue weighted by molar-refractivity contribution is 7.26. The van der Waals surface area contributed by atoms with Crippen LogP contribution in [0.4, 0.5) is 0 Å². The molecule has 9 aromatic carbocycles. The van der Waals surface area contributed by atoms with Crippen molar-refractivity contribution in [2.24, 2.45) is 0 Å². The Morgan fingerprint density at radius 3 is 1.87 bits per heavy atom. The molecule has 0 aliphatic heterocycles. The molecule has 5 heteroatoms. The molecular weight excluding hydrogens is 751 g/mol. The smallest absolute Gasteiger partial charge is 0.164 e. The normalized spacial score (nSPS) is 13.8. The van der Waals surface area contributed by atoms with Crippen LogP contribution in [-0.4, -0.2) is 15.0 Å². The first-order chi connectivity index (χ1) is 33.5. The highest BCUT2D eigenvalue weighted by Crippen LogP contribution is 2.42. The average Bonchev–Trinajstić information content (AvgIpc) is 3.97. The van der Waals surface area contributed by atoms with Crippen LogP contribution in [0.2, 0.25) is 0 Å². The number of nitrogens with zero attached hydrogens (tertiary/aromatic N) is 3. The van der Waals surface area contributed by atoms with Gasteiger partial charge in [-0.15, -0.1) is 11.3 Å². The Morgan fingerprint density at radius 2 is 1.05 bits per heavy atom. The molecule has 0 fully saturated rings. The van der Waals surface area contributed by atoms with E-state index in [2.05, 4.69) is 72.8 Å². The van der Waals surface area contributed by atoms with E-state index >= 15 is 0 Å². The predicted molar refractivity (Wildman–Crippen MR) is 250 cm³/mol. The second-order valence-corrected chi connectivity index (χ2v) is 15.5. The summed E-state index contributed by atoms with van der Waals surface area (Å²) in [5, 5.41) is 2.19. The van der Waals surface area contributed by atoms with Crippen LogP contribution >= 0.6 is 11.3 Å². The van der Waals surface area contributed by atoms with Crippen LogP contribution in [0.1, 0.15) is 12.3 Å². The van der Waals surface area contributed by atoms with Crippen molar-refractivity contribution in [3.05, 3.63) is 200 Å². The lowest BCUT2D eigenvalue weighted by molar-refractivity contribution is 0.673. The third-order valence-electron chi connectivity index (χ3n) is 10.9. The highest BCUT2D eigenvalue weighted by Gasteiger charge is 2.18. The van der Waals surface area contributed by atoms with E-state index in [1.165, 1.54) is 10.1 Å². The minimum atomic E-state index is -0.548. The molecule has 3 aromatic heterocycles. The molecule has 0 radical (unpaired) electrons. The van der Waals surface area contributed by atoms with Crippen LogP contribution in [0.3, 0.4) is 0 Å². The van der Waals surface area contributed by atoms with Crippen molar-refractivity contribution in [1.82, 2.24) is 15.0 Å². The van der Waals surface area contributed by atoms with E-state index in [0.717, 1.165) is 43.5 Å². The summed E-state index contributed by atoms with van der Waals surface area (Å²) in [4.78, 5) is 15.2.